The molecule has 0 spiro atoms. The second kappa shape index (κ2) is 8.21. The summed E-state index contributed by atoms with van der Waals surface area (Å²) in [6.07, 6.45) is 0.465. The Morgan fingerprint density at radius 3 is 2.20 bits per heavy atom. The maximum Gasteiger partial charge on any atom is 0.325 e. The minimum Gasteiger partial charge on any atom is -0.468 e. The predicted octanol–water partition coefficient (Wildman–Crippen LogP) is 0.114. The SMILES string of the molecule is CCCS(=O)(=O)NC(C)C(=O)N(CC(=O)OC)C(C)C. The smallest absolute Gasteiger partial charge is 0.325 e. The van der Waals surface area contributed by atoms with Gasteiger partial charge in [0, 0.05) is 6.04 Å². The number of hydrogen-bond acceptors (Lipinski definition) is 5. The summed E-state index contributed by atoms with van der Waals surface area (Å²) in [6, 6.07) is -1.15. The second-order valence-electron chi connectivity index (χ2n) is 4.79. The van der Waals surface area contributed by atoms with Gasteiger partial charge in [0.15, 0.2) is 0 Å². The predicted molar refractivity (Wildman–Crippen MR) is 75.5 cm³/mol. The Kier molecular flexibility index (Phi) is 7.74. The molecule has 0 aliphatic rings. The first-order valence-corrected chi connectivity index (χ1v) is 8.17. The van der Waals surface area contributed by atoms with Crippen molar-refractivity contribution in [2.24, 2.45) is 0 Å². The molecule has 1 N–H and O–H groups in total. The van der Waals surface area contributed by atoms with Crippen LogP contribution in [0.1, 0.15) is 34.1 Å². The van der Waals surface area contributed by atoms with Crippen LogP contribution in [0.25, 0.3) is 0 Å². The molecule has 1 amide bonds. The zero-order chi connectivity index (χ0) is 15.9. The van der Waals surface area contributed by atoms with E-state index in [0.717, 1.165) is 0 Å². The summed E-state index contributed by atoms with van der Waals surface area (Å²) >= 11 is 0. The lowest BCUT2D eigenvalue weighted by molar-refractivity contribution is -0.148. The van der Waals surface area contributed by atoms with E-state index in [4.69, 9.17) is 0 Å². The summed E-state index contributed by atoms with van der Waals surface area (Å²) < 4.78 is 30.1. The topological polar surface area (TPSA) is 92.8 Å². The number of esters is 1. The first-order valence-electron chi connectivity index (χ1n) is 6.51. The number of sulfonamides is 1. The standard InChI is InChI=1S/C12H24N2O5S/c1-6-7-20(17,18)13-10(4)12(16)14(9(2)3)8-11(15)19-5/h9-10,13H,6-8H2,1-5H3. The van der Waals surface area contributed by atoms with Gasteiger partial charge in [-0.05, 0) is 27.2 Å². The third-order valence-electron chi connectivity index (χ3n) is 2.63. The van der Waals surface area contributed by atoms with Gasteiger partial charge in [-0.15, -0.1) is 0 Å². The number of nitrogens with zero attached hydrogens (tertiary/aromatic N) is 1. The molecule has 0 aliphatic heterocycles. The number of hydrogen-bond donors (Lipinski definition) is 1. The van der Waals surface area contributed by atoms with E-state index in [-0.39, 0.29) is 18.3 Å². The van der Waals surface area contributed by atoms with Crippen molar-refractivity contribution in [2.75, 3.05) is 19.4 Å². The van der Waals surface area contributed by atoms with Crippen molar-refractivity contribution >= 4 is 21.9 Å². The second-order valence-corrected chi connectivity index (χ2v) is 6.67. The van der Waals surface area contributed by atoms with Crippen LogP contribution in [0.5, 0.6) is 0 Å². The normalized spacial score (nSPS) is 13.1. The third-order valence-corrected chi connectivity index (χ3v) is 4.29. The summed E-state index contributed by atoms with van der Waals surface area (Å²) in [4.78, 5) is 24.8. The fraction of sp³-hybridized carbons (Fsp3) is 0.833. The minimum absolute atomic E-state index is 0.0384. The molecule has 0 aromatic heterocycles. The van der Waals surface area contributed by atoms with Gasteiger partial charge < -0.3 is 9.64 Å². The van der Waals surface area contributed by atoms with E-state index in [1.54, 1.807) is 20.8 Å². The highest BCUT2D eigenvalue weighted by atomic mass is 32.2. The van der Waals surface area contributed by atoms with Crippen LogP contribution in [0.4, 0.5) is 0 Å². The molecule has 0 aromatic carbocycles. The van der Waals surface area contributed by atoms with E-state index in [2.05, 4.69) is 9.46 Å². The van der Waals surface area contributed by atoms with Crippen LogP contribution >= 0.6 is 0 Å². The van der Waals surface area contributed by atoms with E-state index in [1.165, 1.54) is 18.9 Å². The Morgan fingerprint density at radius 2 is 1.80 bits per heavy atom. The number of amides is 1. The largest absolute Gasteiger partial charge is 0.468 e. The van der Waals surface area contributed by atoms with Crippen LogP contribution in [-0.4, -0.2) is 56.7 Å². The van der Waals surface area contributed by atoms with Crippen LogP contribution < -0.4 is 4.72 Å². The summed E-state index contributed by atoms with van der Waals surface area (Å²) in [6.45, 7) is 6.49. The molecule has 118 valence electrons. The number of methoxy groups -OCH3 is 1. The number of ether oxygens (including phenoxy) is 1. The fourth-order valence-corrected chi connectivity index (χ4v) is 2.91. The average molecular weight is 308 g/mol. The quantitative estimate of drug-likeness (QED) is 0.643. The molecule has 1 atom stereocenters. The number of rotatable bonds is 8. The van der Waals surface area contributed by atoms with Gasteiger partial charge in [0.25, 0.3) is 0 Å². The monoisotopic (exact) mass is 308 g/mol. The maximum atomic E-state index is 12.2. The molecule has 0 bridgehead atoms. The van der Waals surface area contributed by atoms with E-state index >= 15 is 0 Å². The zero-order valence-corrected chi connectivity index (χ0v) is 13.5. The van der Waals surface area contributed by atoms with Crippen LogP contribution in [-0.2, 0) is 24.3 Å². The van der Waals surface area contributed by atoms with Crippen molar-refractivity contribution in [2.45, 2.75) is 46.2 Å². The Labute approximate surface area is 120 Å². The molecular weight excluding hydrogens is 284 g/mol. The van der Waals surface area contributed by atoms with E-state index in [0.29, 0.717) is 6.42 Å². The van der Waals surface area contributed by atoms with Crippen molar-refractivity contribution in [3.05, 3.63) is 0 Å². The van der Waals surface area contributed by atoms with Crippen molar-refractivity contribution in [3.63, 3.8) is 0 Å². The summed E-state index contributed by atoms with van der Waals surface area (Å²) in [5, 5.41) is 0. The molecule has 1 unspecified atom stereocenters. The Bertz CT molecular complexity index is 433. The third kappa shape index (κ3) is 6.33. The summed E-state index contributed by atoms with van der Waals surface area (Å²) in [5.41, 5.74) is 0. The highest BCUT2D eigenvalue weighted by Gasteiger charge is 2.27. The van der Waals surface area contributed by atoms with Crippen LogP contribution in [0.2, 0.25) is 0 Å². The molecule has 0 rings (SSSR count). The fourth-order valence-electron chi connectivity index (χ4n) is 1.61. The van der Waals surface area contributed by atoms with Gasteiger partial charge >= 0.3 is 5.97 Å². The average Bonchev–Trinajstić information content (AvgIpc) is 2.33. The first-order chi connectivity index (χ1) is 9.14. The van der Waals surface area contributed by atoms with Gasteiger partial charge in [-0.2, -0.15) is 0 Å². The van der Waals surface area contributed by atoms with Crippen LogP contribution in [0, 0.1) is 0 Å². The molecule has 0 heterocycles. The zero-order valence-electron chi connectivity index (χ0n) is 12.7. The van der Waals surface area contributed by atoms with Gasteiger partial charge in [0.05, 0.1) is 18.9 Å². The van der Waals surface area contributed by atoms with Gasteiger partial charge in [-0.25, -0.2) is 13.1 Å². The highest BCUT2D eigenvalue weighted by molar-refractivity contribution is 7.89. The molecule has 0 saturated heterocycles. The Morgan fingerprint density at radius 1 is 1.25 bits per heavy atom. The van der Waals surface area contributed by atoms with Crippen LogP contribution in [0.15, 0.2) is 0 Å². The molecule has 0 aromatic rings. The van der Waals surface area contributed by atoms with Crippen molar-refractivity contribution < 1.29 is 22.7 Å². The molecule has 0 aliphatic carbocycles. The first kappa shape index (κ1) is 18.9. The molecule has 8 heteroatoms. The Balaban J connectivity index is 4.85. The lowest BCUT2D eigenvalue weighted by Gasteiger charge is -2.28. The minimum atomic E-state index is -3.48. The van der Waals surface area contributed by atoms with E-state index < -0.39 is 27.9 Å². The summed E-state index contributed by atoms with van der Waals surface area (Å²) in [5.74, 6) is -1.04. The lowest BCUT2D eigenvalue weighted by Crippen LogP contribution is -2.51. The number of carbonyl (C=O) groups excluding carboxylic acids is 2. The molecule has 7 nitrogen and oxygen atoms in total. The molecule has 0 fully saturated rings. The van der Waals surface area contributed by atoms with Gasteiger partial charge in [0.2, 0.25) is 15.9 Å². The van der Waals surface area contributed by atoms with E-state index in [1.807, 2.05) is 0 Å². The highest BCUT2D eigenvalue weighted by Crippen LogP contribution is 2.04. The molecule has 0 saturated carbocycles. The van der Waals surface area contributed by atoms with E-state index in [9.17, 15) is 18.0 Å². The molecule has 20 heavy (non-hydrogen) atoms. The number of nitrogens with one attached hydrogen (secondary N) is 1. The lowest BCUT2D eigenvalue weighted by atomic mass is 10.2. The van der Waals surface area contributed by atoms with Crippen molar-refractivity contribution in [1.29, 1.82) is 0 Å². The van der Waals surface area contributed by atoms with Gasteiger partial charge in [0.1, 0.15) is 6.54 Å². The van der Waals surface area contributed by atoms with Crippen molar-refractivity contribution in [1.82, 2.24) is 9.62 Å². The maximum absolute atomic E-state index is 12.2. The van der Waals surface area contributed by atoms with Crippen LogP contribution in [0.3, 0.4) is 0 Å². The molecule has 0 radical (unpaired) electrons. The van der Waals surface area contributed by atoms with Gasteiger partial charge in [-0.3, -0.25) is 9.59 Å². The van der Waals surface area contributed by atoms with Gasteiger partial charge in [-0.1, -0.05) is 6.92 Å². The van der Waals surface area contributed by atoms with Crippen molar-refractivity contribution in [3.8, 4) is 0 Å². The molecular formula is C12H24N2O5S. The Hall–Kier alpha value is -1.15. The number of carbonyl (C=O) groups is 2. The summed E-state index contributed by atoms with van der Waals surface area (Å²) in [7, 11) is -2.25.